The number of rotatable bonds is 10. The quantitative estimate of drug-likeness (QED) is 0.298. The number of aryl methyl sites for hydroxylation is 1. The summed E-state index contributed by atoms with van der Waals surface area (Å²) in [6, 6.07) is 20.5. The van der Waals surface area contributed by atoms with Crippen molar-refractivity contribution in [2.45, 2.75) is 39.5 Å². The molecular formula is C24H32N6O. The molecule has 2 N–H and O–H groups in total. The molecule has 31 heavy (non-hydrogen) atoms. The molecule has 0 bridgehead atoms. The van der Waals surface area contributed by atoms with Crippen LogP contribution < -0.4 is 10.6 Å². The average Bonchev–Trinajstić information content (AvgIpc) is 3.13. The van der Waals surface area contributed by atoms with Gasteiger partial charge in [0.1, 0.15) is 5.82 Å². The van der Waals surface area contributed by atoms with Crippen molar-refractivity contribution in [1.29, 1.82) is 0 Å². The second kappa shape index (κ2) is 11.9. The molecule has 164 valence electrons. The van der Waals surface area contributed by atoms with E-state index in [0.29, 0.717) is 19.7 Å². The van der Waals surface area contributed by atoms with Crippen LogP contribution in [-0.2, 0) is 24.9 Å². The highest BCUT2D eigenvalue weighted by Gasteiger charge is 2.07. The molecule has 7 heteroatoms. The summed E-state index contributed by atoms with van der Waals surface area (Å²) in [5.74, 6) is 2.50. The minimum absolute atomic E-state index is 0.0877. The first-order valence-electron chi connectivity index (χ1n) is 10.7. The lowest BCUT2D eigenvalue weighted by Crippen LogP contribution is -2.38. The molecule has 3 rings (SSSR count). The van der Waals surface area contributed by atoms with Crippen LogP contribution in [-0.4, -0.2) is 33.9 Å². The van der Waals surface area contributed by atoms with Crippen LogP contribution in [0.5, 0.6) is 0 Å². The van der Waals surface area contributed by atoms with Gasteiger partial charge in [-0.05, 0) is 31.4 Å². The van der Waals surface area contributed by atoms with Crippen molar-refractivity contribution in [3.05, 3.63) is 83.4 Å². The number of nitrogens with one attached hydrogen (secondary N) is 2. The maximum Gasteiger partial charge on any atom is 0.191 e. The van der Waals surface area contributed by atoms with Gasteiger partial charge in [-0.3, -0.25) is 0 Å². The Morgan fingerprint density at radius 1 is 1.03 bits per heavy atom. The molecule has 0 spiro atoms. The number of hydrogen-bond donors (Lipinski definition) is 2. The van der Waals surface area contributed by atoms with Gasteiger partial charge in [-0.25, -0.2) is 4.99 Å². The molecule has 0 saturated carbocycles. The Hall–Kier alpha value is -3.19. The highest BCUT2D eigenvalue weighted by atomic mass is 16.5. The van der Waals surface area contributed by atoms with Crippen molar-refractivity contribution in [2.24, 2.45) is 12.0 Å². The van der Waals surface area contributed by atoms with Crippen molar-refractivity contribution < 1.29 is 4.74 Å². The van der Waals surface area contributed by atoms with Crippen LogP contribution in [0.15, 0.2) is 65.7 Å². The average molecular weight is 421 g/mol. The van der Waals surface area contributed by atoms with E-state index in [9.17, 15) is 0 Å². The Morgan fingerprint density at radius 2 is 1.74 bits per heavy atom. The van der Waals surface area contributed by atoms with Gasteiger partial charge in [-0.1, -0.05) is 60.7 Å². The third-order valence-electron chi connectivity index (χ3n) is 5.11. The van der Waals surface area contributed by atoms with Gasteiger partial charge < -0.3 is 19.9 Å². The monoisotopic (exact) mass is 420 g/mol. The molecule has 3 aromatic rings. The summed E-state index contributed by atoms with van der Waals surface area (Å²) >= 11 is 0. The third kappa shape index (κ3) is 7.22. The van der Waals surface area contributed by atoms with Crippen LogP contribution in [0.4, 0.5) is 0 Å². The van der Waals surface area contributed by atoms with Gasteiger partial charge >= 0.3 is 0 Å². The van der Waals surface area contributed by atoms with Gasteiger partial charge in [-0.2, -0.15) is 0 Å². The predicted molar refractivity (Wildman–Crippen MR) is 124 cm³/mol. The van der Waals surface area contributed by atoms with Crippen molar-refractivity contribution in [3.63, 3.8) is 0 Å². The number of guanidine groups is 1. The molecule has 0 saturated heterocycles. The summed E-state index contributed by atoms with van der Waals surface area (Å²) in [5, 5.41) is 15.1. The Balaban J connectivity index is 1.49. The van der Waals surface area contributed by atoms with Crippen molar-refractivity contribution >= 4 is 5.96 Å². The first kappa shape index (κ1) is 22.5. The van der Waals surface area contributed by atoms with E-state index in [-0.39, 0.29) is 6.10 Å². The highest BCUT2D eigenvalue weighted by molar-refractivity contribution is 5.79. The van der Waals surface area contributed by atoms with Gasteiger partial charge in [0.15, 0.2) is 11.8 Å². The fourth-order valence-electron chi connectivity index (χ4n) is 3.06. The van der Waals surface area contributed by atoms with Crippen LogP contribution in [0.25, 0.3) is 0 Å². The van der Waals surface area contributed by atoms with Crippen LogP contribution in [0.1, 0.15) is 42.2 Å². The van der Waals surface area contributed by atoms with E-state index in [2.05, 4.69) is 52.0 Å². The van der Waals surface area contributed by atoms with E-state index >= 15 is 0 Å². The lowest BCUT2D eigenvalue weighted by atomic mass is 10.1. The Kier molecular flexibility index (Phi) is 8.60. The molecule has 1 atom stereocenters. The Bertz CT molecular complexity index is 939. The molecule has 0 aliphatic carbocycles. The molecular weight excluding hydrogens is 388 g/mol. The summed E-state index contributed by atoms with van der Waals surface area (Å²) in [5.41, 5.74) is 2.36. The molecule has 7 nitrogen and oxygen atoms in total. The number of benzene rings is 2. The maximum atomic E-state index is 5.97. The van der Waals surface area contributed by atoms with Crippen LogP contribution in [0, 0.1) is 6.92 Å². The van der Waals surface area contributed by atoms with Crippen LogP contribution >= 0.6 is 0 Å². The highest BCUT2D eigenvalue weighted by Crippen LogP contribution is 2.15. The molecule has 0 aliphatic rings. The molecule has 1 aromatic heterocycles. The van der Waals surface area contributed by atoms with E-state index in [1.807, 2.05) is 54.9 Å². The largest absolute Gasteiger partial charge is 0.374 e. The number of nitrogens with zero attached hydrogens (tertiary/aromatic N) is 4. The SMILES string of the molecule is Cc1nnc(CNC(=NCc2ccccc2)NCCCOC(C)c2ccccc2)n1C. The number of aliphatic imine (C=N–C) groups is 1. The van der Waals surface area contributed by atoms with Crippen molar-refractivity contribution in [2.75, 3.05) is 13.2 Å². The molecule has 0 amide bonds. The summed E-state index contributed by atoms with van der Waals surface area (Å²) in [4.78, 5) is 4.72. The maximum absolute atomic E-state index is 5.97. The zero-order valence-electron chi connectivity index (χ0n) is 18.6. The number of aromatic nitrogens is 3. The van der Waals surface area contributed by atoms with Crippen molar-refractivity contribution in [3.8, 4) is 0 Å². The third-order valence-corrected chi connectivity index (χ3v) is 5.11. The number of ether oxygens (including phenoxy) is 1. The second-order valence-corrected chi connectivity index (χ2v) is 7.43. The fourth-order valence-corrected chi connectivity index (χ4v) is 3.06. The number of hydrogen-bond acceptors (Lipinski definition) is 4. The molecule has 1 heterocycles. The van der Waals surface area contributed by atoms with E-state index < -0.39 is 0 Å². The first-order valence-corrected chi connectivity index (χ1v) is 10.7. The van der Waals surface area contributed by atoms with Gasteiger partial charge in [0.25, 0.3) is 0 Å². The smallest absolute Gasteiger partial charge is 0.191 e. The van der Waals surface area contributed by atoms with E-state index in [4.69, 9.17) is 9.73 Å². The van der Waals surface area contributed by atoms with Crippen LogP contribution in [0.2, 0.25) is 0 Å². The van der Waals surface area contributed by atoms with Crippen molar-refractivity contribution in [1.82, 2.24) is 25.4 Å². The summed E-state index contributed by atoms with van der Waals surface area (Å²) in [7, 11) is 1.96. The van der Waals surface area contributed by atoms with Gasteiger partial charge in [0.05, 0.1) is 19.2 Å². The van der Waals surface area contributed by atoms with E-state index in [1.165, 1.54) is 5.56 Å². The van der Waals surface area contributed by atoms with Crippen LogP contribution in [0.3, 0.4) is 0 Å². The summed E-state index contributed by atoms with van der Waals surface area (Å²) in [6.45, 7) is 6.63. The lowest BCUT2D eigenvalue weighted by Gasteiger charge is -2.15. The second-order valence-electron chi connectivity index (χ2n) is 7.43. The molecule has 0 fully saturated rings. The minimum atomic E-state index is 0.0877. The molecule has 2 aromatic carbocycles. The molecule has 1 unspecified atom stereocenters. The normalized spacial score (nSPS) is 12.5. The molecule has 0 radical (unpaired) electrons. The van der Waals surface area contributed by atoms with E-state index in [0.717, 1.165) is 36.1 Å². The lowest BCUT2D eigenvalue weighted by molar-refractivity contribution is 0.0646. The standard InChI is InChI=1S/C24H32N6O/c1-19(22-13-8-5-9-14-22)31-16-10-15-25-24(26-17-21-11-6-4-7-12-21)27-18-23-29-28-20(2)30(23)3/h4-9,11-14,19H,10,15-18H2,1-3H3,(H2,25,26,27). The zero-order valence-corrected chi connectivity index (χ0v) is 18.6. The first-order chi connectivity index (χ1) is 15.1. The Labute approximate surface area is 184 Å². The minimum Gasteiger partial charge on any atom is -0.374 e. The van der Waals surface area contributed by atoms with Gasteiger partial charge in [0.2, 0.25) is 0 Å². The fraction of sp³-hybridized carbons (Fsp3) is 0.375. The van der Waals surface area contributed by atoms with E-state index in [1.54, 1.807) is 0 Å². The molecule has 0 aliphatic heterocycles. The summed E-state index contributed by atoms with van der Waals surface area (Å²) < 4.78 is 7.94. The Morgan fingerprint density at radius 3 is 2.42 bits per heavy atom. The topological polar surface area (TPSA) is 76.4 Å². The van der Waals surface area contributed by atoms with Gasteiger partial charge in [-0.15, -0.1) is 10.2 Å². The predicted octanol–water partition coefficient (Wildman–Crippen LogP) is 3.53. The summed E-state index contributed by atoms with van der Waals surface area (Å²) in [6.07, 6.45) is 0.969. The zero-order chi connectivity index (χ0) is 21.9. The van der Waals surface area contributed by atoms with Gasteiger partial charge in [0, 0.05) is 20.2 Å².